The lowest BCUT2D eigenvalue weighted by molar-refractivity contribution is 0.0687. The highest BCUT2D eigenvalue weighted by Gasteiger charge is 2.17. The molecule has 1 aliphatic heterocycles. The standard InChI is InChI=1S/C13H14N4O4/c18-13(19)11-12(15-16-14-11)21-10-3-1-9(2-4-10)17-5-7-20-8-6-17/h1-4H,5-8H2,(H,18,19)(H,14,15,16). The highest BCUT2D eigenvalue weighted by Crippen LogP contribution is 2.25. The fraction of sp³-hybridized carbons (Fsp3) is 0.308. The number of ether oxygens (including phenoxy) is 2. The maximum Gasteiger partial charge on any atom is 0.359 e. The molecule has 1 aromatic carbocycles. The van der Waals surface area contributed by atoms with Crippen molar-refractivity contribution >= 4 is 11.7 Å². The molecule has 0 saturated carbocycles. The van der Waals surface area contributed by atoms with Gasteiger partial charge in [-0.1, -0.05) is 10.3 Å². The highest BCUT2D eigenvalue weighted by atomic mass is 16.5. The van der Waals surface area contributed by atoms with Crippen LogP contribution in [0.1, 0.15) is 10.5 Å². The summed E-state index contributed by atoms with van der Waals surface area (Å²) in [4.78, 5) is 13.1. The number of benzene rings is 1. The van der Waals surface area contributed by atoms with Gasteiger partial charge in [0.2, 0.25) is 5.69 Å². The van der Waals surface area contributed by atoms with Crippen molar-refractivity contribution < 1.29 is 19.4 Å². The van der Waals surface area contributed by atoms with Crippen LogP contribution in [0.4, 0.5) is 5.69 Å². The second-order valence-electron chi connectivity index (χ2n) is 4.49. The van der Waals surface area contributed by atoms with E-state index in [0.717, 1.165) is 32.0 Å². The fourth-order valence-corrected chi connectivity index (χ4v) is 2.09. The molecule has 1 fully saturated rings. The Balaban J connectivity index is 1.72. The van der Waals surface area contributed by atoms with Crippen LogP contribution in [0.3, 0.4) is 0 Å². The Morgan fingerprint density at radius 1 is 1.29 bits per heavy atom. The third-order valence-corrected chi connectivity index (χ3v) is 3.16. The summed E-state index contributed by atoms with van der Waals surface area (Å²) in [5, 5.41) is 18.3. The van der Waals surface area contributed by atoms with Crippen LogP contribution in [0.2, 0.25) is 0 Å². The highest BCUT2D eigenvalue weighted by molar-refractivity contribution is 5.87. The topological polar surface area (TPSA) is 101 Å². The van der Waals surface area contributed by atoms with Gasteiger partial charge in [0, 0.05) is 18.8 Å². The van der Waals surface area contributed by atoms with Crippen LogP contribution in [-0.2, 0) is 4.74 Å². The molecule has 0 spiro atoms. The van der Waals surface area contributed by atoms with Crippen molar-refractivity contribution in [3.63, 3.8) is 0 Å². The number of hydrogen-bond acceptors (Lipinski definition) is 6. The Hall–Kier alpha value is -2.61. The van der Waals surface area contributed by atoms with Crippen molar-refractivity contribution in [1.29, 1.82) is 0 Å². The number of aromatic nitrogens is 3. The maximum atomic E-state index is 10.9. The minimum absolute atomic E-state index is 0.0541. The summed E-state index contributed by atoms with van der Waals surface area (Å²) < 4.78 is 10.7. The summed E-state index contributed by atoms with van der Waals surface area (Å²) in [6, 6.07) is 7.37. The molecule has 0 atom stereocenters. The predicted molar refractivity (Wildman–Crippen MR) is 72.9 cm³/mol. The number of carboxylic acid groups (broad SMARTS) is 1. The van der Waals surface area contributed by atoms with E-state index in [0.29, 0.717) is 5.75 Å². The minimum atomic E-state index is -1.17. The Morgan fingerprint density at radius 2 is 2.00 bits per heavy atom. The SMILES string of the molecule is O=C(O)c1[nH]nnc1Oc1ccc(N2CCOCC2)cc1. The van der Waals surface area contributed by atoms with Gasteiger partial charge in [0.15, 0.2) is 0 Å². The van der Waals surface area contributed by atoms with E-state index >= 15 is 0 Å². The van der Waals surface area contributed by atoms with Crippen molar-refractivity contribution in [2.24, 2.45) is 0 Å². The summed E-state index contributed by atoms with van der Waals surface area (Å²) >= 11 is 0. The molecule has 21 heavy (non-hydrogen) atoms. The predicted octanol–water partition coefficient (Wildman–Crippen LogP) is 1.13. The van der Waals surface area contributed by atoms with Crippen molar-refractivity contribution in [3.8, 4) is 11.6 Å². The van der Waals surface area contributed by atoms with Crippen molar-refractivity contribution in [2.45, 2.75) is 0 Å². The van der Waals surface area contributed by atoms with Crippen molar-refractivity contribution in [3.05, 3.63) is 30.0 Å². The number of hydrogen-bond donors (Lipinski definition) is 2. The zero-order valence-corrected chi connectivity index (χ0v) is 11.2. The Bertz CT molecular complexity index is 619. The second kappa shape index (κ2) is 5.80. The van der Waals surface area contributed by atoms with Gasteiger partial charge in [0.1, 0.15) is 5.75 Å². The molecule has 3 rings (SSSR count). The Kier molecular flexibility index (Phi) is 3.69. The van der Waals surface area contributed by atoms with Gasteiger partial charge >= 0.3 is 5.97 Å². The fourth-order valence-electron chi connectivity index (χ4n) is 2.09. The van der Waals surface area contributed by atoms with E-state index in [9.17, 15) is 4.79 Å². The number of anilines is 1. The molecule has 0 aliphatic carbocycles. The van der Waals surface area contributed by atoms with Gasteiger partial charge in [-0.3, -0.25) is 0 Å². The first-order valence-corrected chi connectivity index (χ1v) is 6.49. The van der Waals surface area contributed by atoms with Crippen LogP contribution >= 0.6 is 0 Å². The third-order valence-electron chi connectivity index (χ3n) is 3.16. The van der Waals surface area contributed by atoms with E-state index in [2.05, 4.69) is 20.3 Å². The van der Waals surface area contributed by atoms with Gasteiger partial charge < -0.3 is 19.5 Å². The van der Waals surface area contributed by atoms with E-state index in [-0.39, 0.29) is 11.6 Å². The number of aromatic carboxylic acids is 1. The maximum absolute atomic E-state index is 10.9. The number of nitrogens with zero attached hydrogens (tertiary/aromatic N) is 3. The molecule has 1 aliphatic rings. The zero-order chi connectivity index (χ0) is 14.7. The van der Waals surface area contributed by atoms with E-state index in [1.807, 2.05) is 12.1 Å². The number of nitrogens with one attached hydrogen (secondary N) is 1. The number of morpholine rings is 1. The van der Waals surface area contributed by atoms with Crippen LogP contribution in [0, 0.1) is 0 Å². The van der Waals surface area contributed by atoms with Gasteiger partial charge in [-0.2, -0.15) is 0 Å². The summed E-state index contributed by atoms with van der Waals surface area (Å²) in [7, 11) is 0. The lowest BCUT2D eigenvalue weighted by Gasteiger charge is -2.28. The molecule has 1 saturated heterocycles. The van der Waals surface area contributed by atoms with Crippen molar-refractivity contribution in [2.75, 3.05) is 31.2 Å². The quantitative estimate of drug-likeness (QED) is 0.870. The lowest BCUT2D eigenvalue weighted by atomic mass is 10.2. The number of H-pyrrole nitrogens is 1. The van der Waals surface area contributed by atoms with Crippen molar-refractivity contribution in [1.82, 2.24) is 15.4 Å². The molecular formula is C13H14N4O4. The molecular weight excluding hydrogens is 276 g/mol. The average molecular weight is 290 g/mol. The minimum Gasteiger partial charge on any atom is -0.476 e. The average Bonchev–Trinajstić information content (AvgIpc) is 2.97. The first-order chi connectivity index (χ1) is 10.2. The molecule has 0 unspecified atom stereocenters. The number of carbonyl (C=O) groups is 1. The van der Waals surface area contributed by atoms with E-state index in [1.165, 1.54) is 0 Å². The van der Waals surface area contributed by atoms with Gasteiger partial charge in [0.05, 0.1) is 13.2 Å². The molecule has 0 radical (unpaired) electrons. The molecule has 2 aromatic rings. The van der Waals surface area contributed by atoms with Crippen LogP contribution in [0.25, 0.3) is 0 Å². The summed E-state index contributed by atoms with van der Waals surface area (Å²) in [5.74, 6) is -0.718. The zero-order valence-electron chi connectivity index (χ0n) is 11.2. The van der Waals surface area contributed by atoms with Crippen LogP contribution < -0.4 is 9.64 Å². The molecule has 1 aromatic heterocycles. The smallest absolute Gasteiger partial charge is 0.359 e. The molecule has 110 valence electrons. The van der Waals surface area contributed by atoms with Crippen LogP contribution in [0.15, 0.2) is 24.3 Å². The molecule has 2 N–H and O–H groups in total. The first-order valence-electron chi connectivity index (χ1n) is 6.49. The van der Waals surface area contributed by atoms with E-state index in [1.54, 1.807) is 12.1 Å². The number of aromatic amines is 1. The largest absolute Gasteiger partial charge is 0.476 e. The van der Waals surface area contributed by atoms with Crippen LogP contribution in [0.5, 0.6) is 11.6 Å². The summed E-state index contributed by atoms with van der Waals surface area (Å²) in [6.07, 6.45) is 0. The molecule has 0 amide bonds. The Morgan fingerprint density at radius 3 is 2.67 bits per heavy atom. The van der Waals surface area contributed by atoms with Gasteiger partial charge in [0.25, 0.3) is 5.88 Å². The number of carboxylic acids is 1. The van der Waals surface area contributed by atoms with E-state index in [4.69, 9.17) is 14.6 Å². The van der Waals surface area contributed by atoms with Gasteiger partial charge in [-0.05, 0) is 24.3 Å². The third kappa shape index (κ3) is 2.95. The second-order valence-corrected chi connectivity index (χ2v) is 4.49. The molecule has 0 bridgehead atoms. The summed E-state index contributed by atoms with van der Waals surface area (Å²) in [5.41, 5.74) is 0.900. The number of rotatable bonds is 4. The molecule has 8 nitrogen and oxygen atoms in total. The van der Waals surface area contributed by atoms with Gasteiger partial charge in [-0.15, -0.1) is 0 Å². The Labute approximate surface area is 120 Å². The molecule has 8 heteroatoms. The van der Waals surface area contributed by atoms with E-state index < -0.39 is 5.97 Å². The monoisotopic (exact) mass is 290 g/mol. The summed E-state index contributed by atoms with van der Waals surface area (Å²) in [6.45, 7) is 3.15. The normalized spacial score (nSPS) is 15.0. The van der Waals surface area contributed by atoms with Gasteiger partial charge in [-0.25, -0.2) is 9.89 Å². The van der Waals surface area contributed by atoms with Crippen LogP contribution in [-0.4, -0.2) is 52.8 Å². The molecule has 2 heterocycles. The lowest BCUT2D eigenvalue weighted by Crippen LogP contribution is -2.36. The first kappa shape index (κ1) is 13.4.